The van der Waals surface area contributed by atoms with Gasteiger partial charge in [-0.05, 0) is 19.4 Å². The van der Waals surface area contributed by atoms with Crippen molar-refractivity contribution in [3.8, 4) is 0 Å². The smallest absolute Gasteiger partial charge is 0.236 e. The van der Waals surface area contributed by atoms with Crippen LogP contribution in [0.5, 0.6) is 0 Å². The largest absolute Gasteiger partial charge is 0.348 e. The Labute approximate surface area is 97.5 Å². The molecule has 88 valence electrons. The number of likely N-dealkylation sites (N-methyl/N-ethyl adjacent to an activating group) is 1. The molecule has 1 amide bonds. The molecule has 3 heteroatoms. The highest BCUT2D eigenvalue weighted by Crippen LogP contribution is 2.08. The van der Waals surface area contributed by atoms with Crippen LogP contribution in [0.15, 0.2) is 18.2 Å². The second-order valence-electron chi connectivity index (χ2n) is 4.39. The highest BCUT2D eigenvalue weighted by atomic mass is 16.2. The fraction of sp³-hybridized carbons (Fsp3) is 0.462. The van der Waals surface area contributed by atoms with Crippen LogP contribution < -0.4 is 5.32 Å². The maximum Gasteiger partial charge on any atom is 0.236 e. The lowest BCUT2D eigenvalue weighted by molar-refractivity contribution is -0.127. The number of hydrogen-bond acceptors (Lipinski definition) is 2. The van der Waals surface area contributed by atoms with E-state index in [9.17, 15) is 4.79 Å². The molecule has 1 rings (SSSR count). The first-order valence-electron chi connectivity index (χ1n) is 5.47. The normalized spacial score (nSPS) is 10.2. The van der Waals surface area contributed by atoms with Crippen molar-refractivity contribution in [3.63, 3.8) is 0 Å². The molecule has 1 aromatic carbocycles. The predicted octanol–water partition coefficient (Wildman–Crippen LogP) is 1.48. The first kappa shape index (κ1) is 12.7. The van der Waals surface area contributed by atoms with Gasteiger partial charge in [0.2, 0.25) is 5.91 Å². The predicted molar refractivity (Wildman–Crippen MR) is 66.3 cm³/mol. The topological polar surface area (TPSA) is 32.3 Å². The van der Waals surface area contributed by atoms with Crippen molar-refractivity contribution >= 4 is 5.91 Å². The zero-order valence-corrected chi connectivity index (χ0v) is 10.5. The third kappa shape index (κ3) is 4.03. The summed E-state index contributed by atoms with van der Waals surface area (Å²) in [5, 5.41) is 3.15. The molecular formula is C13H20N2O. The maximum absolute atomic E-state index is 11.3. The van der Waals surface area contributed by atoms with E-state index in [4.69, 9.17) is 0 Å². The Kier molecular flexibility index (Phi) is 4.50. The summed E-state index contributed by atoms with van der Waals surface area (Å²) in [6.45, 7) is 5.30. The number of benzene rings is 1. The molecule has 0 aliphatic heterocycles. The van der Waals surface area contributed by atoms with E-state index >= 15 is 0 Å². The molecule has 0 saturated heterocycles. The van der Waals surface area contributed by atoms with Crippen molar-refractivity contribution in [2.45, 2.75) is 20.4 Å². The second kappa shape index (κ2) is 5.66. The van der Waals surface area contributed by atoms with Crippen LogP contribution in [-0.2, 0) is 11.3 Å². The number of nitrogens with zero attached hydrogens (tertiary/aromatic N) is 1. The van der Waals surface area contributed by atoms with E-state index in [0.717, 1.165) is 6.54 Å². The van der Waals surface area contributed by atoms with Crippen LogP contribution in [0.1, 0.15) is 16.7 Å². The quantitative estimate of drug-likeness (QED) is 0.833. The van der Waals surface area contributed by atoms with Crippen LogP contribution in [0.2, 0.25) is 0 Å². The zero-order valence-electron chi connectivity index (χ0n) is 10.5. The molecule has 0 radical (unpaired) electrons. The maximum atomic E-state index is 11.3. The standard InChI is InChI=1S/C13H20N2O/c1-10-5-11(2)7-12(6-10)8-14-9-13(16)15(3)4/h5-7,14H,8-9H2,1-4H3. The Morgan fingerprint density at radius 3 is 2.25 bits per heavy atom. The average Bonchev–Trinajstić information content (AvgIpc) is 2.15. The SMILES string of the molecule is Cc1cc(C)cc(CNCC(=O)N(C)C)c1. The molecule has 0 saturated carbocycles. The van der Waals surface area contributed by atoms with E-state index in [0.29, 0.717) is 6.54 Å². The average molecular weight is 220 g/mol. The summed E-state index contributed by atoms with van der Waals surface area (Å²) in [5.41, 5.74) is 3.75. The van der Waals surface area contributed by atoms with Gasteiger partial charge in [0.1, 0.15) is 0 Å². The van der Waals surface area contributed by atoms with Gasteiger partial charge in [-0.1, -0.05) is 29.3 Å². The van der Waals surface area contributed by atoms with Crippen LogP contribution in [-0.4, -0.2) is 31.4 Å². The first-order valence-corrected chi connectivity index (χ1v) is 5.47. The summed E-state index contributed by atoms with van der Waals surface area (Å²) in [7, 11) is 3.53. The zero-order chi connectivity index (χ0) is 12.1. The molecule has 0 aliphatic carbocycles. The molecule has 0 heterocycles. The van der Waals surface area contributed by atoms with Crippen molar-refractivity contribution in [2.24, 2.45) is 0 Å². The lowest BCUT2D eigenvalue weighted by Crippen LogP contribution is -2.32. The molecule has 16 heavy (non-hydrogen) atoms. The number of amides is 1. The van der Waals surface area contributed by atoms with E-state index in [1.54, 1.807) is 19.0 Å². The molecule has 0 aromatic heterocycles. The molecule has 0 bridgehead atoms. The fourth-order valence-electron chi connectivity index (χ4n) is 1.64. The van der Waals surface area contributed by atoms with Crippen LogP contribution >= 0.6 is 0 Å². The van der Waals surface area contributed by atoms with Crippen LogP contribution in [0.3, 0.4) is 0 Å². The van der Waals surface area contributed by atoms with E-state index in [-0.39, 0.29) is 5.91 Å². The monoisotopic (exact) mass is 220 g/mol. The van der Waals surface area contributed by atoms with Crippen LogP contribution in [0.4, 0.5) is 0 Å². The number of nitrogens with one attached hydrogen (secondary N) is 1. The molecule has 1 aromatic rings. The van der Waals surface area contributed by atoms with Gasteiger partial charge >= 0.3 is 0 Å². The summed E-state index contributed by atoms with van der Waals surface area (Å²) >= 11 is 0. The summed E-state index contributed by atoms with van der Waals surface area (Å²) < 4.78 is 0. The van der Waals surface area contributed by atoms with Gasteiger partial charge in [-0.3, -0.25) is 4.79 Å². The lowest BCUT2D eigenvalue weighted by Gasteiger charge is -2.11. The summed E-state index contributed by atoms with van der Waals surface area (Å²) in [5.74, 6) is 0.101. The Bertz CT molecular complexity index is 352. The summed E-state index contributed by atoms with van der Waals surface area (Å²) in [6.07, 6.45) is 0. The summed E-state index contributed by atoms with van der Waals surface area (Å²) in [6, 6.07) is 6.43. The van der Waals surface area contributed by atoms with E-state index < -0.39 is 0 Å². The molecule has 0 spiro atoms. The number of carbonyl (C=O) groups excluding carboxylic acids is 1. The highest BCUT2D eigenvalue weighted by molar-refractivity contribution is 5.77. The lowest BCUT2D eigenvalue weighted by atomic mass is 10.1. The Morgan fingerprint density at radius 1 is 1.19 bits per heavy atom. The van der Waals surface area contributed by atoms with Gasteiger partial charge in [0, 0.05) is 20.6 Å². The molecule has 0 unspecified atom stereocenters. The Balaban J connectivity index is 2.46. The van der Waals surface area contributed by atoms with Gasteiger partial charge < -0.3 is 10.2 Å². The Hall–Kier alpha value is -1.35. The third-order valence-corrected chi connectivity index (χ3v) is 2.39. The van der Waals surface area contributed by atoms with E-state index in [1.165, 1.54) is 16.7 Å². The van der Waals surface area contributed by atoms with Crippen molar-refractivity contribution in [2.75, 3.05) is 20.6 Å². The van der Waals surface area contributed by atoms with Crippen LogP contribution in [0, 0.1) is 13.8 Å². The van der Waals surface area contributed by atoms with Gasteiger partial charge in [-0.25, -0.2) is 0 Å². The van der Waals surface area contributed by atoms with Gasteiger partial charge in [0.15, 0.2) is 0 Å². The van der Waals surface area contributed by atoms with Gasteiger partial charge in [-0.15, -0.1) is 0 Å². The van der Waals surface area contributed by atoms with Gasteiger partial charge in [0.25, 0.3) is 0 Å². The third-order valence-electron chi connectivity index (χ3n) is 2.39. The van der Waals surface area contributed by atoms with Crippen LogP contribution in [0.25, 0.3) is 0 Å². The molecular weight excluding hydrogens is 200 g/mol. The van der Waals surface area contributed by atoms with Crippen molar-refractivity contribution < 1.29 is 4.79 Å². The minimum absolute atomic E-state index is 0.101. The van der Waals surface area contributed by atoms with Gasteiger partial charge in [-0.2, -0.15) is 0 Å². The Morgan fingerprint density at radius 2 is 1.75 bits per heavy atom. The number of hydrogen-bond donors (Lipinski definition) is 1. The number of aryl methyl sites for hydroxylation is 2. The molecule has 3 nitrogen and oxygen atoms in total. The molecule has 0 fully saturated rings. The summed E-state index contributed by atoms with van der Waals surface area (Å²) in [4.78, 5) is 12.9. The molecule has 0 aliphatic rings. The number of rotatable bonds is 4. The minimum Gasteiger partial charge on any atom is -0.348 e. The van der Waals surface area contributed by atoms with E-state index in [1.807, 2.05) is 0 Å². The second-order valence-corrected chi connectivity index (χ2v) is 4.39. The first-order chi connectivity index (χ1) is 7.49. The van der Waals surface area contributed by atoms with Crippen molar-refractivity contribution in [1.82, 2.24) is 10.2 Å². The van der Waals surface area contributed by atoms with Gasteiger partial charge in [0.05, 0.1) is 6.54 Å². The minimum atomic E-state index is 0.101. The van der Waals surface area contributed by atoms with Crippen molar-refractivity contribution in [1.29, 1.82) is 0 Å². The fourth-order valence-corrected chi connectivity index (χ4v) is 1.64. The molecule has 0 atom stereocenters. The molecule has 1 N–H and O–H groups in total. The number of carbonyl (C=O) groups is 1. The highest BCUT2D eigenvalue weighted by Gasteiger charge is 2.02. The van der Waals surface area contributed by atoms with E-state index in [2.05, 4.69) is 37.4 Å². The van der Waals surface area contributed by atoms with Crippen molar-refractivity contribution in [3.05, 3.63) is 34.9 Å².